The van der Waals surface area contributed by atoms with Gasteiger partial charge in [-0.1, -0.05) is 11.6 Å². The molecule has 1 unspecified atom stereocenters. The van der Waals surface area contributed by atoms with Crippen LogP contribution in [-0.4, -0.2) is 80.1 Å². The largest absolute Gasteiger partial charge is 0.495 e. The van der Waals surface area contributed by atoms with E-state index in [2.05, 4.69) is 23.8 Å². The first-order valence-electron chi connectivity index (χ1n) is 9.55. The van der Waals surface area contributed by atoms with E-state index in [1.807, 2.05) is 4.90 Å². The van der Waals surface area contributed by atoms with Crippen LogP contribution in [0.2, 0.25) is 5.02 Å². The Morgan fingerprint density at radius 3 is 2.38 bits per heavy atom. The van der Waals surface area contributed by atoms with Crippen molar-refractivity contribution in [2.24, 2.45) is 5.92 Å². The van der Waals surface area contributed by atoms with Crippen molar-refractivity contribution in [1.29, 1.82) is 0 Å². The van der Waals surface area contributed by atoms with Gasteiger partial charge in [0.1, 0.15) is 5.75 Å². The normalized spacial score (nSPS) is 21.6. The summed E-state index contributed by atoms with van der Waals surface area (Å²) in [6.45, 7) is 8.62. The Morgan fingerprint density at radius 1 is 1.15 bits per heavy atom. The molecule has 6 heteroatoms. The third kappa shape index (κ3) is 4.33. The zero-order valence-corrected chi connectivity index (χ0v) is 16.8. The molecule has 0 bridgehead atoms. The molecule has 0 aliphatic carbocycles. The van der Waals surface area contributed by atoms with Crippen molar-refractivity contribution >= 4 is 17.5 Å². The second-order valence-electron chi connectivity index (χ2n) is 7.56. The molecule has 1 amide bonds. The number of carbonyl (C=O) groups excluding carboxylic acids is 1. The van der Waals surface area contributed by atoms with E-state index in [1.165, 1.54) is 0 Å². The molecule has 5 nitrogen and oxygen atoms in total. The Morgan fingerprint density at radius 2 is 1.81 bits per heavy atom. The first kappa shape index (κ1) is 19.5. The summed E-state index contributed by atoms with van der Waals surface area (Å²) in [6, 6.07) is 5.86. The van der Waals surface area contributed by atoms with Gasteiger partial charge in [-0.3, -0.25) is 9.69 Å². The van der Waals surface area contributed by atoms with Gasteiger partial charge in [0.25, 0.3) is 5.91 Å². The van der Waals surface area contributed by atoms with Crippen molar-refractivity contribution in [3.63, 3.8) is 0 Å². The van der Waals surface area contributed by atoms with E-state index >= 15 is 0 Å². The summed E-state index contributed by atoms with van der Waals surface area (Å²) in [7, 11) is 3.77. The van der Waals surface area contributed by atoms with Crippen LogP contribution in [0, 0.1) is 5.92 Å². The number of piperazine rings is 1. The van der Waals surface area contributed by atoms with E-state index in [0.29, 0.717) is 28.3 Å². The molecule has 1 aromatic rings. The molecule has 0 aromatic heterocycles. The standard InChI is InChI=1S/C20H30ClN3O2/c1-15(23-12-10-22(2)11-13-23)16-6-8-24(9-7-16)20(25)17-4-5-19(26-3)18(21)14-17/h4-5,14-16H,6-13H2,1-3H3. The molecular weight excluding hydrogens is 350 g/mol. The van der Waals surface area contributed by atoms with Gasteiger partial charge in [0.15, 0.2) is 0 Å². The fourth-order valence-corrected chi connectivity index (χ4v) is 4.35. The lowest BCUT2D eigenvalue weighted by Crippen LogP contribution is -2.52. The van der Waals surface area contributed by atoms with Gasteiger partial charge in [-0.05, 0) is 50.9 Å². The number of benzene rings is 1. The molecule has 2 saturated heterocycles. The summed E-state index contributed by atoms with van der Waals surface area (Å²) < 4.78 is 5.17. The number of amides is 1. The van der Waals surface area contributed by atoms with Crippen LogP contribution in [0.4, 0.5) is 0 Å². The summed E-state index contributed by atoms with van der Waals surface area (Å²) in [5, 5.41) is 0.483. The minimum absolute atomic E-state index is 0.0697. The lowest BCUT2D eigenvalue weighted by molar-refractivity contribution is 0.0500. The van der Waals surface area contributed by atoms with Crippen molar-refractivity contribution in [1.82, 2.24) is 14.7 Å². The molecule has 0 radical (unpaired) electrons. The molecular formula is C20H30ClN3O2. The number of likely N-dealkylation sites (tertiary alicyclic amines) is 1. The minimum atomic E-state index is 0.0697. The van der Waals surface area contributed by atoms with E-state index in [9.17, 15) is 4.79 Å². The number of piperidine rings is 1. The fraction of sp³-hybridized carbons (Fsp3) is 0.650. The van der Waals surface area contributed by atoms with Gasteiger partial charge < -0.3 is 14.5 Å². The Kier molecular flexibility index (Phi) is 6.43. The van der Waals surface area contributed by atoms with Crippen LogP contribution in [0.3, 0.4) is 0 Å². The molecule has 2 heterocycles. The molecule has 0 saturated carbocycles. The first-order valence-corrected chi connectivity index (χ1v) is 9.93. The molecule has 2 fully saturated rings. The smallest absolute Gasteiger partial charge is 0.253 e. The maximum Gasteiger partial charge on any atom is 0.253 e. The second kappa shape index (κ2) is 8.59. The van der Waals surface area contributed by atoms with Gasteiger partial charge >= 0.3 is 0 Å². The molecule has 144 valence electrons. The Bertz CT molecular complexity index is 623. The number of hydrogen-bond acceptors (Lipinski definition) is 4. The maximum atomic E-state index is 12.8. The third-order valence-corrected chi connectivity index (χ3v) is 6.32. The topological polar surface area (TPSA) is 36.0 Å². The number of rotatable bonds is 4. The highest BCUT2D eigenvalue weighted by atomic mass is 35.5. The Balaban J connectivity index is 1.54. The van der Waals surface area contributed by atoms with Crippen molar-refractivity contribution in [3.8, 4) is 5.75 Å². The number of hydrogen-bond donors (Lipinski definition) is 0. The van der Waals surface area contributed by atoms with Gasteiger partial charge in [-0.15, -0.1) is 0 Å². The maximum absolute atomic E-state index is 12.8. The van der Waals surface area contributed by atoms with Crippen LogP contribution in [0.15, 0.2) is 18.2 Å². The predicted octanol–water partition coefficient (Wildman–Crippen LogP) is 2.84. The third-order valence-electron chi connectivity index (χ3n) is 6.02. The van der Waals surface area contributed by atoms with E-state index in [0.717, 1.165) is 52.1 Å². The lowest BCUT2D eigenvalue weighted by Gasteiger charge is -2.42. The number of likely N-dealkylation sites (N-methyl/N-ethyl adjacent to an activating group) is 1. The van der Waals surface area contributed by atoms with E-state index in [-0.39, 0.29) is 5.91 Å². The highest BCUT2D eigenvalue weighted by molar-refractivity contribution is 6.32. The number of nitrogens with zero attached hydrogens (tertiary/aromatic N) is 3. The molecule has 0 spiro atoms. The minimum Gasteiger partial charge on any atom is -0.495 e. The molecule has 2 aliphatic rings. The van der Waals surface area contributed by atoms with E-state index < -0.39 is 0 Å². The molecule has 1 atom stereocenters. The summed E-state index contributed by atoms with van der Waals surface area (Å²) in [4.78, 5) is 19.7. The van der Waals surface area contributed by atoms with Crippen molar-refractivity contribution < 1.29 is 9.53 Å². The summed E-state index contributed by atoms with van der Waals surface area (Å²) in [6.07, 6.45) is 2.15. The van der Waals surface area contributed by atoms with Crippen LogP contribution in [0.25, 0.3) is 0 Å². The zero-order valence-electron chi connectivity index (χ0n) is 16.1. The van der Waals surface area contributed by atoms with Crippen molar-refractivity contribution in [2.45, 2.75) is 25.8 Å². The van der Waals surface area contributed by atoms with Gasteiger partial charge in [-0.25, -0.2) is 0 Å². The van der Waals surface area contributed by atoms with Crippen LogP contribution < -0.4 is 4.74 Å². The van der Waals surface area contributed by atoms with Gasteiger partial charge in [-0.2, -0.15) is 0 Å². The highest BCUT2D eigenvalue weighted by Gasteiger charge is 2.30. The highest BCUT2D eigenvalue weighted by Crippen LogP contribution is 2.28. The SMILES string of the molecule is COc1ccc(C(=O)N2CCC(C(C)N3CCN(C)CC3)CC2)cc1Cl. The number of halogens is 1. The molecule has 2 aliphatic heterocycles. The lowest BCUT2D eigenvalue weighted by atomic mass is 9.88. The van der Waals surface area contributed by atoms with Crippen molar-refractivity contribution in [3.05, 3.63) is 28.8 Å². The number of ether oxygens (including phenoxy) is 1. The molecule has 1 aromatic carbocycles. The van der Waals surface area contributed by atoms with E-state index in [4.69, 9.17) is 16.3 Å². The van der Waals surface area contributed by atoms with Gasteiger partial charge in [0.05, 0.1) is 12.1 Å². The first-order chi connectivity index (χ1) is 12.5. The molecule has 3 rings (SSSR count). The average molecular weight is 380 g/mol. The quantitative estimate of drug-likeness (QED) is 0.806. The molecule has 26 heavy (non-hydrogen) atoms. The molecule has 0 N–H and O–H groups in total. The summed E-state index contributed by atoms with van der Waals surface area (Å²) in [5.74, 6) is 1.34. The summed E-state index contributed by atoms with van der Waals surface area (Å²) >= 11 is 6.17. The van der Waals surface area contributed by atoms with Crippen LogP contribution >= 0.6 is 11.6 Å². The second-order valence-corrected chi connectivity index (χ2v) is 7.97. The fourth-order valence-electron chi connectivity index (χ4n) is 4.09. The predicted molar refractivity (Wildman–Crippen MR) is 105 cm³/mol. The van der Waals surface area contributed by atoms with Gasteiger partial charge in [0.2, 0.25) is 0 Å². The van der Waals surface area contributed by atoms with Crippen LogP contribution in [0.1, 0.15) is 30.1 Å². The Labute approximate surface area is 161 Å². The average Bonchev–Trinajstić information content (AvgIpc) is 2.67. The monoisotopic (exact) mass is 379 g/mol. The summed E-state index contributed by atoms with van der Waals surface area (Å²) in [5.41, 5.74) is 0.640. The van der Waals surface area contributed by atoms with Crippen LogP contribution in [0.5, 0.6) is 5.75 Å². The number of methoxy groups -OCH3 is 1. The van der Waals surface area contributed by atoms with Gasteiger partial charge in [0, 0.05) is 50.9 Å². The van der Waals surface area contributed by atoms with E-state index in [1.54, 1.807) is 25.3 Å². The van der Waals surface area contributed by atoms with Crippen molar-refractivity contribution in [2.75, 3.05) is 53.4 Å². The number of carbonyl (C=O) groups is 1. The Hall–Kier alpha value is -1.30. The zero-order chi connectivity index (χ0) is 18.7. The van der Waals surface area contributed by atoms with Crippen LogP contribution in [-0.2, 0) is 0 Å².